The average Bonchev–Trinajstić information content (AvgIpc) is 3.17. The van der Waals surface area contributed by atoms with Crippen molar-refractivity contribution in [3.63, 3.8) is 0 Å². The van der Waals surface area contributed by atoms with E-state index in [-0.39, 0.29) is 6.54 Å². The zero-order valence-corrected chi connectivity index (χ0v) is 15.0. The lowest BCUT2D eigenvalue weighted by Crippen LogP contribution is -2.37. The van der Waals surface area contributed by atoms with Crippen LogP contribution < -0.4 is 10.6 Å². The first-order valence-corrected chi connectivity index (χ1v) is 9.09. The minimum Gasteiger partial charge on any atom is -0.383 e. The van der Waals surface area contributed by atoms with Crippen LogP contribution in [0.4, 0.5) is 5.82 Å². The number of carbonyl (C=O) groups is 2. The zero-order chi connectivity index (χ0) is 17.8. The van der Waals surface area contributed by atoms with Crippen LogP contribution in [0, 0.1) is 6.92 Å². The molecule has 0 aliphatic carbocycles. The molecule has 1 aliphatic heterocycles. The van der Waals surface area contributed by atoms with Crippen molar-refractivity contribution in [3.05, 3.63) is 41.1 Å². The second kappa shape index (κ2) is 7.71. The fraction of sp³-hybridized carbons (Fsp3) is 0.353. The molecule has 0 atom stereocenters. The van der Waals surface area contributed by atoms with Gasteiger partial charge in [-0.15, -0.1) is 0 Å². The minimum absolute atomic E-state index is 0.286. The molecule has 1 aromatic carbocycles. The Hall–Kier alpha value is -2.32. The number of hydrogen-bond donors (Lipinski definition) is 2. The Bertz CT molecular complexity index is 803. The summed E-state index contributed by atoms with van der Waals surface area (Å²) in [6, 6.07) is 7.85. The Morgan fingerprint density at radius 3 is 2.92 bits per heavy atom. The molecule has 8 heteroatoms. The van der Waals surface area contributed by atoms with Crippen LogP contribution in [0.3, 0.4) is 0 Å². The van der Waals surface area contributed by atoms with Gasteiger partial charge in [-0.25, -0.2) is 4.68 Å². The number of amides is 2. The van der Waals surface area contributed by atoms with E-state index in [9.17, 15) is 9.59 Å². The Balaban J connectivity index is 1.85. The fourth-order valence-corrected chi connectivity index (χ4v) is 3.63. The number of rotatable bonds is 5. The van der Waals surface area contributed by atoms with Gasteiger partial charge >= 0.3 is 11.8 Å². The smallest absolute Gasteiger partial charge is 0.314 e. The maximum Gasteiger partial charge on any atom is 0.314 e. The molecule has 2 aromatic rings. The van der Waals surface area contributed by atoms with Gasteiger partial charge in [0.2, 0.25) is 0 Å². The largest absolute Gasteiger partial charge is 0.383 e. The highest BCUT2D eigenvalue weighted by Gasteiger charge is 2.26. The summed E-state index contributed by atoms with van der Waals surface area (Å²) in [7, 11) is 1.54. The molecule has 132 valence electrons. The highest BCUT2D eigenvalue weighted by Crippen LogP contribution is 2.36. The number of carbonyl (C=O) groups excluding carboxylic acids is 2. The number of benzene rings is 1. The maximum atomic E-state index is 12.2. The first-order chi connectivity index (χ1) is 12.1. The number of nitrogens with one attached hydrogen (secondary N) is 2. The quantitative estimate of drug-likeness (QED) is 0.625. The molecular formula is C17H20N4O3S. The van der Waals surface area contributed by atoms with Gasteiger partial charge in [0.05, 0.1) is 18.0 Å². The summed E-state index contributed by atoms with van der Waals surface area (Å²) in [5.41, 5.74) is 3.87. The number of methoxy groups -OCH3 is 1. The van der Waals surface area contributed by atoms with E-state index in [0.29, 0.717) is 12.4 Å². The molecule has 2 heterocycles. The molecule has 0 fully saturated rings. The Kier molecular flexibility index (Phi) is 5.40. The third-order valence-corrected chi connectivity index (χ3v) is 4.80. The van der Waals surface area contributed by atoms with Gasteiger partial charge < -0.3 is 15.4 Å². The fourth-order valence-electron chi connectivity index (χ4n) is 2.60. The summed E-state index contributed by atoms with van der Waals surface area (Å²) in [4.78, 5) is 24.2. The number of thioether (sulfide) groups is 1. The lowest BCUT2D eigenvalue weighted by Gasteiger charge is -2.11. The number of fused-ring (bicyclic) bond motifs is 1. The van der Waals surface area contributed by atoms with E-state index in [4.69, 9.17) is 4.74 Å². The van der Waals surface area contributed by atoms with E-state index < -0.39 is 11.8 Å². The Morgan fingerprint density at radius 2 is 2.16 bits per heavy atom. The summed E-state index contributed by atoms with van der Waals surface area (Å²) in [5, 5.41) is 9.87. The topological polar surface area (TPSA) is 85.2 Å². The third-order valence-electron chi connectivity index (χ3n) is 3.83. The highest BCUT2D eigenvalue weighted by molar-refractivity contribution is 7.98. The molecule has 0 saturated carbocycles. The monoisotopic (exact) mass is 360 g/mol. The number of aromatic nitrogens is 2. The molecule has 0 unspecified atom stereocenters. The zero-order valence-electron chi connectivity index (χ0n) is 14.2. The van der Waals surface area contributed by atoms with Gasteiger partial charge in [0, 0.05) is 30.7 Å². The number of nitrogens with zero attached hydrogens (tertiary/aromatic N) is 2. The summed E-state index contributed by atoms with van der Waals surface area (Å²) >= 11 is 1.74. The van der Waals surface area contributed by atoms with Crippen LogP contribution in [0.5, 0.6) is 0 Å². The number of anilines is 1. The van der Waals surface area contributed by atoms with Crippen molar-refractivity contribution in [1.82, 2.24) is 15.1 Å². The summed E-state index contributed by atoms with van der Waals surface area (Å²) < 4.78 is 6.57. The molecule has 0 bridgehead atoms. The second-order valence-electron chi connectivity index (χ2n) is 5.72. The number of hydrogen-bond acceptors (Lipinski definition) is 5. The van der Waals surface area contributed by atoms with Gasteiger partial charge in [-0.2, -0.15) is 16.9 Å². The van der Waals surface area contributed by atoms with Crippen LogP contribution in [0.15, 0.2) is 24.3 Å². The summed E-state index contributed by atoms with van der Waals surface area (Å²) in [6.07, 6.45) is 0. The summed E-state index contributed by atoms with van der Waals surface area (Å²) in [5.74, 6) is 0.745. The molecule has 3 rings (SSSR count). The van der Waals surface area contributed by atoms with Gasteiger partial charge in [0.15, 0.2) is 0 Å². The summed E-state index contributed by atoms with van der Waals surface area (Å²) in [6.45, 7) is 2.64. The van der Waals surface area contributed by atoms with Crippen molar-refractivity contribution < 1.29 is 14.3 Å². The normalized spacial score (nSPS) is 12.7. The van der Waals surface area contributed by atoms with Crippen molar-refractivity contribution in [2.45, 2.75) is 18.4 Å². The molecule has 1 aliphatic rings. The van der Waals surface area contributed by atoms with Crippen LogP contribution >= 0.6 is 11.8 Å². The van der Waals surface area contributed by atoms with Crippen LogP contribution in [0.25, 0.3) is 5.69 Å². The average molecular weight is 360 g/mol. The molecule has 1 aromatic heterocycles. The van der Waals surface area contributed by atoms with Gasteiger partial charge in [0.1, 0.15) is 5.82 Å². The van der Waals surface area contributed by atoms with Crippen molar-refractivity contribution >= 4 is 29.4 Å². The van der Waals surface area contributed by atoms with E-state index >= 15 is 0 Å². The van der Waals surface area contributed by atoms with Crippen molar-refractivity contribution in [2.24, 2.45) is 0 Å². The van der Waals surface area contributed by atoms with Gasteiger partial charge in [0.25, 0.3) is 0 Å². The van der Waals surface area contributed by atoms with Gasteiger partial charge in [-0.1, -0.05) is 12.1 Å². The predicted molar refractivity (Wildman–Crippen MR) is 96.8 cm³/mol. The van der Waals surface area contributed by atoms with E-state index in [1.54, 1.807) is 16.4 Å². The van der Waals surface area contributed by atoms with Gasteiger partial charge in [-0.3, -0.25) is 9.59 Å². The van der Waals surface area contributed by atoms with E-state index in [1.165, 1.54) is 7.11 Å². The first kappa shape index (κ1) is 17.5. The SMILES string of the molecule is COCCNC(=O)C(=O)Nc1c2c(nn1-c1cccc(C)c1)CSC2. The molecule has 25 heavy (non-hydrogen) atoms. The van der Waals surface area contributed by atoms with Crippen LogP contribution in [0.2, 0.25) is 0 Å². The first-order valence-electron chi connectivity index (χ1n) is 7.94. The molecule has 0 spiro atoms. The lowest BCUT2D eigenvalue weighted by atomic mass is 10.2. The van der Waals surface area contributed by atoms with Crippen LogP contribution in [-0.2, 0) is 25.8 Å². The molecular weight excluding hydrogens is 340 g/mol. The number of ether oxygens (including phenoxy) is 1. The Morgan fingerprint density at radius 1 is 1.32 bits per heavy atom. The van der Waals surface area contributed by atoms with Crippen molar-refractivity contribution in [3.8, 4) is 5.69 Å². The van der Waals surface area contributed by atoms with E-state index in [2.05, 4.69) is 15.7 Å². The molecule has 7 nitrogen and oxygen atoms in total. The molecule has 2 amide bonds. The highest BCUT2D eigenvalue weighted by atomic mass is 32.2. The van der Waals surface area contributed by atoms with Crippen molar-refractivity contribution in [1.29, 1.82) is 0 Å². The van der Waals surface area contributed by atoms with Gasteiger partial charge in [-0.05, 0) is 24.6 Å². The lowest BCUT2D eigenvalue weighted by molar-refractivity contribution is -0.136. The molecule has 0 saturated heterocycles. The second-order valence-corrected chi connectivity index (χ2v) is 6.71. The minimum atomic E-state index is -0.704. The third kappa shape index (κ3) is 3.85. The Labute approximate surface area is 150 Å². The van der Waals surface area contributed by atoms with Crippen molar-refractivity contribution in [2.75, 3.05) is 25.6 Å². The van der Waals surface area contributed by atoms with E-state index in [0.717, 1.165) is 34.0 Å². The molecule has 2 N–H and O–H groups in total. The van der Waals surface area contributed by atoms with E-state index in [1.807, 2.05) is 31.2 Å². The standard InChI is InChI=1S/C17H20N4O3S/c1-11-4-3-5-12(8-11)21-15(13-9-25-10-14(13)20-21)19-17(23)16(22)18-6-7-24-2/h3-5,8H,6-7,9-10H2,1-2H3,(H,18,22)(H,19,23). The predicted octanol–water partition coefficient (Wildman–Crippen LogP) is 1.63. The number of aryl methyl sites for hydroxylation is 1. The van der Waals surface area contributed by atoms with Crippen LogP contribution in [-0.4, -0.2) is 41.9 Å². The van der Waals surface area contributed by atoms with Crippen LogP contribution in [0.1, 0.15) is 16.8 Å². The molecule has 0 radical (unpaired) electrons. The maximum absolute atomic E-state index is 12.2.